The quantitative estimate of drug-likeness (QED) is 0.836. The molecule has 0 aromatic rings. The van der Waals surface area contributed by atoms with Crippen molar-refractivity contribution in [2.45, 2.75) is 51.9 Å². The van der Waals surface area contributed by atoms with Gasteiger partial charge in [0.25, 0.3) is 0 Å². The average molecular weight is 267 g/mol. The number of nitrogens with zero attached hydrogens (tertiary/aromatic N) is 1. The van der Waals surface area contributed by atoms with Gasteiger partial charge in [0.15, 0.2) is 0 Å². The standard InChI is InChI=1S/C15H25NO3/c1-11-5-4-9-16(10-8-11)14(17)12-6-2-3-7-13(12)15(18)19/h11-13H,2-10H2,1H3,(H,18,19)/t11?,12-,13+/m1/s1. The molecule has 19 heavy (non-hydrogen) atoms. The van der Waals surface area contributed by atoms with Crippen molar-refractivity contribution in [3.05, 3.63) is 0 Å². The van der Waals surface area contributed by atoms with Gasteiger partial charge in [0.1, 0.15) is 0 Å². The SMILES string of the molecule is CC1CCCN(C(=O)[C@@H]2CCCC[C@@H]2C(=O)O)CC1. The zero-order valence-electron chi connectivity index (χ0n) is 11.8. The molecule has 1 aliphatic heterocycles. The minimum absolute atomic E-state index is 0.0983. The topological polar surface area (TPSA) is 57.6 Å². The Kier molecular flexibility index (Phi) is 4.83. The van der Waals surface area contributed by atoms with Crippen LogP contribution in [0.5, 0.6) is 0 Å². The Balaban J connectivity index is 2.02. The van der Waals surface area contributed by atoms with Crippen molar-refractivity contribution in [3.63, 3.8) is 0 Å². The van der Waals surface area contributed by atoms with Crippen LogP contribution >= 0.6 is 0 Å². The smallest absolute Gasteiger partial charge is 0.307 e. The number of aliphatic carboxylic acids is 1. The number of likely N-dealkylation sites (tertiary alicyclic amines) is 1. The summed E-state index contributed by atoms with van der Waals surface area (Å²) >= 11 is 0. The number of carbonyl (C=O) groups is 2. The van der Waals surface area contributed by atoms with Gasteiger partial charge in [0.05, 0.1) is 11.8 Å². The van der Waals surface area contributed by atoms with Crippen molar-refractivity contribution in [3.8, 4) is 0 Å². The van der Waals surface area contributed by atoms with Crippen LogP contribution in [-0.2, 0) is 9.59 Å². The van der Waals surface area contributed by atoms with E-state index in [-0.39, 0.29) is 11.8 Å². The maximum Gasteiger partial charge on any atom is 0.307 e. The molecule has 1 heterocycles. The molecule has 108 valence electrons. The maximum absolute atomic E-state index is 12.6. The molecule has 1 saturated carbocycles. The second-order valence-corrected chi connectivity index (χ2v) is 6.20. The maximum atomic E-state index is 12.6. The molecule has 1 aliphatic carbocycles. The van der Waals surface area contributed by atoms with E-state index in [0.29, 0.717) is 12.3 Å². The number of rotatable bonds is 2. The van der Waals surface area contributed by atoms with Gasteiger partial charge in [-0.3, -0.25) is 9.59 Å². The fraction of sp³-hybridized carbons (Fsp3) is 0.867. The molecule has 2 aliphatic rings. The number of hydrogen-bond donors (Lipinski definition) is 1. The van der Waals surface area contributed by atoms with Crippen LogP contribution in [0.1, 0.15) is 51.9 Å². The lowest BCUT2D eigenvalue weighted by molar-refractivity contribution is -0.152. The molecule has 0 radical (unpaired) electrons. The third kappa shape index (κ3) is 3.48. The zero-order valence-corrected chi connectivity index (χ0v) is 11.8. The highest BCUT2D eigenvalue weighted by molar-refractivity contribution is 5.85. The molecular weight excluding hydrogens is 242 g/mol. The number of amides is 1. The summed E-state index contributed by atoms with van der Waals surface area (Å²) in [5.41, 5.74) is 0. The molecule has 1 N–H and O–H groups in total. The summed E-state index contributed by atoms with van der Waals surface area (Å²) in [6.45, 7) is 3.85. The largest absolute Gasteiger partial charge is 0.481 e. The van der Waals surface area contributed by atoms with Crippen LogP contribution in [0.3, 0.4) is 0 Å². The second-order valence-electron chi connectivity index (χ2n) is 6.20. The molecule has 1 unspecified atom stereocenters. The summed E-state index contributed by atoms with van der Waals surface area (Å²) < 4.78 is 0. The van der Waals surface area contributed by atoms with Gasteiger partial charge in [0.2, 0.25) is 5.91 Å². The van der Waals surface area contributed by atoms with E-state index in [1.54, 1.807) is 0 Å². The number of carboxylic acid groups (broad SMARTS) is 1. The fourth-order valence-corrected chi connectivity index (χ4v) is 3.44. The lowest BCUT2D eigenvalue weighted by Crippen LogP contribution is -2.43. The molecule has 1 amide bonds. The van der Waals surface area contributed by atoms with Crippen molar-refractivity contribution >= 4 is 11.9 Å². The van der Waals surface area contributed by atoms with Gasteiger partial charge < -0.3 is 10.0 Å². The van der Waals surface area contributed by atoms with Crippen LogP contribution in [0.4, 0.5) is 0 Å². The lowest BCUT2D eigenvalue weighted by atomic mass is 9.78. The summed E-state index contributed by atoms with van der Waals surface area (Å²) in [5, 5.41) is 9.28. The van der Waals surface area contributed by atoms with E-state index in [1.807, 2.05) is 4.90 Å². The van der Waals surface area contributed by atoms with E-state index in [2.05, 4.69) is 6.92 Å². The zero-order chi connectivity index (χ0) is 13.8. The van der Waals surface area contributed by atoms with E-state index < -0.39 is 11.9 Å². The first kappa shape index (κ1) is 14.4. The monoisotopic (exact) mass is 267 g/mol. The highest BCUT2D eigenvalue weighted by Crippen LogP contribution is 2.32. The Hall–Kier alpha value is -1.06. The summed E-state index contributed by atoms with van der Waals surface area (Å²) in [6, 6.07) is 0. The Morgan fingerprint density at radius 1 is 0.947 bits per heavy atom. The number of hydrogen-bond acceptors (Lipinski definition) is 2. The number of carbonyl (C=O) groups excluding carboxylic acids is 1. The molecule has 0 aromatic heterocycles. The molecule has 4 nitrogen and oxygen atoms in total. The third-order valence-electron chi connectivity index (χ3n) is 4.73. The number of carboxylic acids is 1. The molecule has 0 spiro atoms. The van der Waals surface area contributed by atoms with Crippen molar-refractivity contribution in [2.24, 2.45) is 17.8 Å². The summed E-state index contributed by atoms with van der Waals surface area (Å²) in [5.74, 6) is -0.747. The Labute approximate surface area is 115 Å². The van der Waals surface area contributed by atoms with Crippen LogP contribution in [0, 0.1) is 17.8 Å². The lowest BCUT2D eigenvalue weighted by Gasteiger charge is -2.32. The predicted octanol–water partition coefficient (Wildman–Crippen LogP) is 2.53. The van der Waals surface area contributed by atoms with E-state index in [1.165, 1.54) is 6.42 Å². The summed E-state index contributed by atoms with van der Waals surface area (Å²) in [4.78, 5) is 25.8. The van der Waals surface area contributed by atoms with Crippen molar-refractivity contribution in [2.75, 3.05) is 13.1 Å². The van der Waals surface area contributed by atoms with Gasteiger partial charge in [-0.1, -0.05) is 19.8 Å². The Bertz CT molecular complexity index is 342. The normalized spacial score (nSPS) is 32.7. The summed E-state index contributed by atoms with van der Waals surface area (Å²) in [7, 11) is 0. The minimum atomic E-state index is -0.791. The second kappa shape index (κ2) is 6.40. The summed E-state index contributed by atoms with van der Waals surface area (Å²) in [6.07, 6.45) is 6.63. The fourth-order valence-electron chi connectivity index (χ4n) is 3.44. The van der Waals surface area contributed by atoms with Crippen molar-refractivity contribution in [1.82, 2.24) is 4.90 Å². The predicted molar refractivity (Wildman–Crippen MR) is 72.7 cm³/mol. The van der Waals surface area contributed by atoms with Gasteiger partial charge >= 0.3 is 5.97 Å². The van der Waals surface area contributed by atoms with Crippen LogP contribution in [0.2, 0.25) is 0 Å². The molecule has 4 heteroatoms. The molecular formula is C15H25NO3. The van der Waals surface area contributed by atoms with Crippen molar-refractivity contribution in [1.29, 1.82) is 0 Å². The average Bonchev–Trinajstić information content (AvgIpc) is 2.62. The van der Waals surface area contributed by atoms with E-state index in [0.717, 1.165) is 45.2 Å². The first-order chi connectivity index (χ1) is 9.09. The van der Waals surface area contributed by atoms with E-state index >= 15 is 0 Å². The van der Waals surface area contributed by atoms with Gasteiger partial charge in [-0.2, -0.15) is 0 Å². The van der Waals surface area contributed by atoms with Crippen molar-refractivity contribution < 1.29 is 14.7 Å². The first-order valence-electron chi connectivity index (χ1n) is 7.61. The first-order valence-corrected chi connectivity index (χ1v) is 7.61. The Morgan fingerprint density at radius 2 is 1.63 bits per heavy atom. The van der Waals surface area contributed by atoms with Crippen LogP contribution in [-0.4, -0.2) is 35.0 Å². The molecule has 0 bridgehead atoms. The molecule has 1 saturated heterocycles. The van der Waals surface area contributed by atoms with Gasteiger partial charge in [-0.15, -0.1) is 0 Å². The van der Waals surface area contributed by atoms with Crippen LogP contribution < -0.4 is 0 Å². The van der Waals surface area contributed by atoms with Gasteiger partial charge in [0, 0.05) is 13.1 Å². The van der Waals surface area contributed by atoms with Crippen LogP contribution in [0.25, 0.3) is 0 Å². The Morgan fingerprint density at radius 3 is 2.32 bits per heavy atom. The van der Waals surface area contributed by atoms with E-state index in [4.69, 9.17) is 0 Å². The van der Waals surface area contributed by atoms with Gasteiger partial charge in [-0.25, -0.2) is 0 Å². The highest BCUT2D eigenvalue weighted by Gasteiger charge is 2.37. The molecule has 3 atom stereocenters. The molecule has 0 aromatic carbocycles. The molecule has 2 rings (SSSR count). The highest BCUT2D eigenvalue weighted by atomic mass is 16.4. The third-order valence-corrected chi connectivity index (χ3v) is 4.73. The minimum Gasteiger partial charge on any atom is -0.481 e. The molecule has 2 fully saturated rings. The van der Waals surface area contributed by atoms with E-state index in [9.17, 15) is 14.7 Å². The van der Waals surface area contributed by atoms with Gasteiger partial charge in [-0.05, 0) is 38.0 Å². The van der Waals surface area contributed by atoms with Crippen LogP contribution in [0.15, 0.2) is 0 Å².